The molecule has 0 aliphatic carbocycles. The number of aliphatic imine (C=N–C) groups is 1. The molecule has 1 N–H and O–H groups in total. The third kappa shape index (κ3) is 6.44. The van der Waals surface area contributed by atoms with Crippen LogP contribution in [0.25, 0.3) is 0 Å². The van der Waals surface area contributed by atoms with Gasteiger partial charge in [0.15, 0.2) is 0 Å². The van der Waals surface area contributed by atoms with Crippen molar-refractivity contribution in [3.63, 3.8) is 0 Å². The molecule has 0 radical (unpaired) electrons. The molecule has 182 valence electrons. The van der Waals surface area contributed by atoms with Gasteiger partial charge in [-0.3, -0.25) is 14.7 Å². The zero-order valence-electron chi connectivity index (χ0n) is 19.7. The molecule has 0 saturated carbocycles. The van der Waals surface area contributed by atoms with Gasteiger partial charge in [-0.25, -0.2) is 0 Å². The average Bonchev–Trinajstić information content (AvgIpc) is 2.85. The first-order valence-corrected chi connectivity index (χ1v) is 12.7. The van der Waals surface area contributed by atoms with Gasteiger partial charge in [-0.05, 0) is 56.0 Å². The van der Waals surface area contributed by atoms with Crippen LogP contribution >= 0.6 is 23.2 Å². The lowest BCUT2D eigenvalue weighted by molar-refractivity contribution is -0.119. The molecule has 0 aromatic heterocycles. The van der Waals surface area contributed by atoms with Crippen LogP contribution in [0.2, 0.25) is 10.0 Å². The summed E-state index contributed by atoms with van der Waals surface area (Å²) in [6.45, 7) is 5.70. The number of rotatable bonds is 9. The van der Waals surface area contributed by atoms with Gasteiger partial charge in [0.05, 0.1) is 34.4 Å². The third-order valence-corrected chi connectivity index (χ3v) is 7.25. The second kappa shape index (κ2) is 11.9. The Balaban J connectivity index is 1.17. The van der Waals surface area contributed by atoms with Gasteiger partial charge in [-0.1, -0.05) is 35.3 Å². The van der Waals surface area contributed by atoms with E-state index < -0.39 is 0 Å². The van der Waals surface area contributed by atoms with E-state index in [1.54, 1.807) is 7.05 Å². The number of hydrogen-bond donors (Lipinski definition) is 1. The fraction of sp³-hybridized carbons (Fsp3) is 0.462. The Morgan fingerprint density at radius 1 is 1.09 bits per heavy atom. The molecule has 6 nitrogen and oxygen atoms in total. The minimum Gasteiger partial charge on any atom is -0.494 e. The Bertz CT molecular complexity index is 1040. The van der Waals surface area contributed by atoms with E-state index in [0.717, 1.165) is 81.2 Å². The lowest BCUT2D eigenvalue weighted by atomic mass is 9.99. The standard InChI is InChI=1S/C26H32Cl2N4O2/c1-29-25(33)17-20-9-7-19-8-10-21(18-23(19)30-20)34-16-3-2-11-31-12-14-32(15-13-31)24-6-4-5-22(27)26(24)28/h4-6,8,10,18H,2-3,7,9,11-17H2,1H3,(H,29,33). The normalized spacial score (nSPS) is 16.1. The molecule has 0 bridgehead atoms. The van der Waals surface area contributed by atoms with Gasteiger partial charge < -0.3 is 15.0 Å². The number of piperazine rings is 1. The molecule has 2 aliphatic heterocycles. The highest BCUT2D eigenvalue weighted by Gasteiger charge is 2.19. The lowest BCUT2D eigenvalue weighted by Crippen LogP contribution is -2.46. The van der Waals surface area contributed by atoms with Crippen molar-refractivity contribution in [1.82, 2.24) is 10.2 Å². The van der Waals surface area contributed by atoms with Crippen molar-refractivity contribution in [3.8, 4) is 5.75 Å². The van der Waals surface area contributed by atoms with Gasteiger partial charge in [-0.15, -0.1) is 0 Å². The van der Waals surface area contributed by atoms with Crippen molar-refractivity contribution in [2.75, 3.05) is 51.3 Å². The topological polar surface area (TPSA) is 57.2 Å². The number of amides is 1. The Morgan fingerprint density at radius 2 is 1.91 bits per heavy atom. The van der Waals surface area contributed by atoms with Crippen LogP contribution in [0.1, 0.15) is 31.2 Å². The first-order valence-electron chi connectivity index (χ1n) is 12.0. The summed E-state index contributed by atoms with van der Waals surface area (Å²) in [5.41, 5.74) is 4.10. The van der Waals surface area contributed by atoms with Crippen molar-refractivity contribution in [2.45, 2.75) is 32.1 Å². The number of carbonyl (C=O) groups excluding carboxylic acids is 1. The van der Waals surface area contributed by atoms with E-state index in [0.29, 0.717) is 23.1 Å². The van der Waals surface area contributed by atoms with Crippen molar-refractivity contribution in [2.24, 2.45) is 4.99 Å². The molecule has 4 rings (SSSR count). The number of aryl methyl sites for hydroxylation is 1. The molecule has 1 fully saturated rings. The second-order valence-electron chi connectivity index (χ2n) is 8.78. The molecule has 34 heavy (non-hydrogen) atoms. The van der Waals surface area contributed by atoms with E-state index in [4.69, 9.17) is 27.9 Å². The molecule has 1 saturated heterocycles. The summed E-state index contributed by atoms with van der Waals surface area (Å²) in [7, 11) is 1.66. The van der Waals surface area contributed by atoms with Crippen LogP contribution < -0.4 is 15.0 Å². The number of unbranched alkanes of at least 4 members (excludes halogenated alkanes) is 1. The molecular formula is C26H32Cl2N4O2. The maximum absolute atomic E-state index is 11.7. The molecule has 0 unspecified atom stereocenters. The number of benzene rings is 2. The molecule has 2 aromatic carbocycles. The first kappa shape index (κ1) is 24.8. The maximum atomic E-state index is 11.7. The van der Waals surface area contributed by atoms with Crippen LogP contribution in [-0.4, -0.2) is 62.9 Å². The number of anilines is 1. The minimum atomic E-state index is 0.00396. The minimum absolute atomic E-state index is 0.00396. The molecular weight excluding hydrogens is 471 g/mol. The summed E-state index contributed by atoms with van der Waals surface area (Å²) >= 11 is 12.5. The van der Waals surface area contributed by atoms with Gasteiger partial charge in [0.1, 0.15) is 5.75 Å². The molecule has 8 heteroatoms. The number of hydrogen-bond acceptors (Lipinski definition) is 5. The van der Waals surface area contributed by atoms with Crippen LogP contribution in [0.15, 0.2) is 41.4 Å². The summed E-state index contributed by atoms with van der Waals surface area (Å²) < 4.78 is 6.00. The number of halogens is 2. The largest absolute Gasteiger partial charge is 0.494 e. The predicted octanol–water partition coefficient (Wildman–Crippen LogP) is 5.13. The van der Waals surface area contributed by atoms with Crippen molar-refractivity contribution >= 4 is 46.2 Å². The summed E-state index contributed by atoms with van der Waals surface area (Å²) in [4.78, 5) is 21.1. The Labute approximate surface area is 211 Å². The van der Waals surface area contributed by atoms with Crippen molar-refractivity contribution < 1.29 is 9.53 Å². The molecule has 0 spiro atoms. The van der Waals surface area contributed by atoms with Crippen LogP contribution in [-0.2, 0) is 11.2 Å². The third-order valence-electron chi connectivity index (χ3n) is 6.44. The lowest BCUT2D eigenvalue weighted by Gasteiger charge is -2.36. The average molecular weight is 503 g/mol. The molecule has 2 heterocycles. The Morgan fingerprint density at radius 3 is 2.71 bits per heavy atom. The first-order chi connectivity index (χ1) is 16.5. The molecule has 0 atom stereocenters. The van der Waals surface area contributed by atoms with Gasteiger partial charge >= 0.3 is 0 Å². The van der Waals surface area contributed by atoms with E-state index in [2.05, 4.69) is 26.2 Å². The quantitative estimate of drug-likeness (QED) is 0.482. The highest BCUT2D eigenvalue weighted by atomic mass is 35.5. The van der Waals surface area contributed by atoms with E-state index in [-0.39, 0.29) is 5.91 Å². The summed E-state index contributed by atoms with van der Waals surface area (Å²) in [5, 5.41) is 3.92. The number of fused-ring (bicyclic) bond motifs is 1. The Hall–Kier alpha value is -2.28. The summed E-state index contributed by atoms with van der Waals surface area (Å²) in [5.74, 6) is 0.847. The maximum Gasteiger partial charge on any atom is 0.225 e. The van der Waals surface area contributed by atoms with Crippen LogP contribution in [0, 0.1) is 0 Å². The zero-order chi connectivity index (χ0) is 23.9. The van der Waals surface area contributed by atoms with E-state index in [1.807, 2.05) is 30.3 Å². The highest BCUT2D eigenvalue weighted by molar-refractivity contribution is 6.43. The van der Waals surface area contributed by atoms with Crippen molar-refractivity contribution in [3.05, 3.63) is 52.0 Å². The Kier molecular flexibility index (Phi) is 8.70. The second-order valence-corrected chi connectivity index (χ2v) is 9.56. The SMILES string of the molecule is CNC(=O)CC1=Nc2cc(OCCCCN3CCN(c4cccc(Cl)c4Cl)CC3)ccc2CC1. The van der Waals surface area contributed by atoms with E-state index >= 15 is 0 Å². The summed E-state index contributed by atoms with van der Waals surface area (Å²) in [6, 6.07) is 11.9. The van der Waals surface area contributed by atoms with Gasteiger partial charge in [0.25, 0.3) is 0 Å². The number of nitrogens with zero attached hydrogens (tertiary/aromatic N) is 3. The number of ether oxygens (including phenoxy) is 1. The highest BCUT2D eigenvalue weighted by Crippen LogP contribution is 2.33. The molecule has 1 amide bonds. The molecule has 2 aliphatic rings. The van der Waals surface area contributed by atoms with Gasteiger partial charge in [-0.2, -0.15) is 0 Å². The van der Waals surface area contributed by atoms with E-state index in [9.17, 15) is 4.79 Å². The van der Waals surface area contributed by atoms with Crippen LogP contribution in [0.4, 0.5) is 11.4 Å². The number of nitrogens with one attached hydrogen (secondary N) is 1. The summed E-state index contributed by atoms with van der Waals surface area (Å²) in [6.07, 6.45) is 4.21. The van der Waals surface area contributed by atoms with Gasteiger partial charge in [0.2, 0.25) is 5.91 Å². The van der Waals surface area contributed by atoms with Crippen LogP contribution in [0.3, 0.4) is 0 Å². The zero-order valence-corrected chi connectivity index (χ0v) is 21.2. The van der Waals surface area contributed by atoms with E-state index in [1.165, 1.54) is 5.56 Å². The predicted molar refractivity (Wildman–Crippen MR) is 140 cm³/mol. The number of carbonyl (C=O) groups is 1. The fourth-order valence-electron chi connectivity index (χ4n) is 4.43. The van der Waals surface area contributed by atoms with Crippen molar-refractivity contribution in [1.29, 1.82) is 0 Å². The van der Waals surface area contributed by atoms with Crippen LogP contribution in [0.5, 0.6) is 5.75 Å². The monoisotopic (exact) mass is 502 g/mol. The fourth-order valence-corrected chi connectivity index (χ4v) is 4.85. The molecule has 2 aromatic rings. The smallest absolute Gasteiger partial charge is 0.225 e. The van der Waals surface area contributed by atoms with Gasteiger partial charge in [0, 0.05) is 45.0 Å².